The number of anilines is 3. The van der Waals surface area contributed by atoms with E-state index in [2.05, 4.69) is 217 Å². The normalized spacial score (nSPS) is 11.4. The highest BCUT2D eigenvalue weighted by molar-refractivity contribution is 6.07. The van der Waals surface area contributed by atoms with Crippen LogP contribution in [0.15, 0.2) is 229 Å². The van der Waals surface area contributed by atoms with Crippen LogP contribution in [0.2, 0.25) is 0 Å². The second-order valence-corrected chi connectivity index (χ2v) is 14.9. The first-order chi connectivity index (χ1) is 28.8. The zero-order chi connectivity index (χ0) is 38.4. The summed E-state index contributed by atoms with van der Waals surface area (Å²) < 4.78 is 6.40. The molecule has 0 aliphatic heterocycles. The van der Waals surface area contributed by atoms with Gasteiger partial charge >= 0.3 is 0 Å². The Kier molecular flexibility index (Phi) is 8.19. The Balaban J connectivity index is 1.08. The van der Waals surface area contributed by atoms with Gasteiger partial charge in [0.25, 0.3) is 0 Å². The molecule has 0 atom stereocenters. The molecule has 0 radical (unpaired) electrons. The second-order valence-electron chi connectivity index (χ2n) is 14.9. The Morgan fingerprint density at radius 3 is 1.60 bits per heavy atom. The SMILES string of the molecule is c1cc(-c2ccccc2-c2cccc3ccccc23)cc(N(c2ccc(-c3cccc4ccccc34)cc2)c2ccccc2-c2ccc3c(c2)oc2ccccc23)c1. The second kappa shape index (κ2) is 14.1. The number of para-hydroxylation sites is 2. The van der Waals surface area contributed by atoms with E-state index in [4.69, 9.17) is 4.42 Å². The van der Waals surface area contributed by atoms with E-state index < -0.39 is 0 Å². The molecule has 0 spiro atoms. The summed E-state index contributed by atoms with van der Waals surface area (Å²) in [5.41, 5.74) is 14.4. The number of hydrogen-bond donors (Lipinski definition) is 0. The van der Waals surface area contributed by atoms with Gasteiger partial charge in [0.1, 0.15) is 11.2 Å². The summed E-state index contributed by atoms with van der Waals surface area (Å²) in [7, 11) is 0. The lowest BCUT2D eigenvalue weighted by Crippen LogP contribution is -2.11. The molecule has 10 aromatic carbocycles. The van der Waals surface area contributed by atoms with Gasteiger partial charge in [0.15, 0.2) is 0 Å². The van der Waals surface area contributed by atoms with Gasteiger partial charge in [-0.25, -0.2) is 0 Å². The topological polar surface area (TPSA) is 16.4 Å². The highest BCUT2D eigenvalue weighted by Crippen LogP contribution is 2.45. The van der Waals surface area contributed by atoms with Gasteiger partial charge in [-0.2, -0.15) is 0 Å². The highest BCUT2D eigenvalue weighted by atomic mass is 16.3. The lowest BCUT2D eigenvalue weighted by atomic mass is 9.91. The molecule has 0 unspecified atom stereocenters. The summed E-state index contributed by atoms with van der Waals surface area (Å²) >= 11 is 0. The van der Waals surface area contributed by atoms with E-state index in [0.29, 0.717) is 0 Å². The minimum absolute atomic E-state index is 0.881. The number of furan rings is 1. The molecule has 2 nitrogen and oxygen atoms in total. The molecule has 0 saturated carbocycles. The van der Waals surface area contributed by atoms with Gasteiger partial charge in [-0.3, -0.25) is 0 Å². The van der Waals surface area contributed by atoms with Crippen LogP contribution in [0.5, 0.6) is 0 Å². The van der Waals surface area contributed by atoms with Gasteiger partial charge in [0, 0.05) is 27.7 Å². The minimum atomic E-state index is 0.881. The van der Waals surface area contributed by atoms with E-state index >= 15 is 0 Å². The first kappa shape index (κ1) is 33.6. The Labute approximate surface area is 337 Å². The van der Waals surface area contributed by atoms with E-state index in [1.54, 1.807) is 0 Å². The average Bonchev–Trinajstić information content (AvgIpc) is 3.67. The molecule has 0 bridgehead atoms. The smallest absolute Gasteiger partial charge is 0.136 e. The molecule has 0 fully saturated rings. The molecular weight excluding hydrogens is 703 g/mol. The maximum absolute atomic E-state index is 6.40. The van der Waals surface area contributed by atoms with E-state index in [9.17, 15) is 0 Å². The van der Waals surface area contributed by atoms with Gasteiger partial charge < -0.3 is 9.32 Å². The van der Waals surface area contributed by atoms with Crippen LogP contribution in [0.4, 0.5) is 17.1 Å². The van der Waals surface area contributed by atoms with Crippen molar-refractivity contribution in [3.8, 4) is 44.5 Å². The quantitative estimate of drug-likeness (QED) is 0.162. The fourth-order valence-corrected chi connectivity index (χ4v) is 8.74. The first-order valence-electron chi connectivity index (χ1n) is 19.8. The Morgan fingerprint density at radius 1 is 0.276 bits per heavy atom. The monoisotopic (exact) mass is 739 g/mol. The Bertz CT molecular complexity index is 3290. The zero-order valence-corrected chi connectivity index (χ0v) is 31.7. The lowest BCUT2D eigenvalue weighted by molar-refractivity contribution is 0.669. The third kappa shape index (κ3) is 5.82. The van der Waals surface area contributed by atoms with Crippen molar-refractivity contribution < 1.29 is 4.42 Å². The number of nitrogens with zero attached hydrogens (tertiary/aromatic N) is 1. The van der Waals surface area contributed by atoms with Crippen molar-refractivity contribution in [1.82, 2.24) is 0 Å². The fourth-order valence-electron chi connectivity index (χ4n) is 8.74. The maximum atomic E-state index is 6.40. The largest absolute Gasteiger partial charge is 0.456 e. The van der Waals surface area contributed by atoms with Gasteiger partial charge in [0.2, 0.25) is 0 Å². The summed E-state index contributed by atoms with van der Waals surface area (Å²) in [5, 5.41) is 7.22. The van der Waals surface area contributed by atoms with Crippen LogP contribution >= 0.6 is 0 Å². The molecule has 0 aliphatic rings. The van der Waals surface area contributed by atoms with Crippen LogP contribution in [-0.4, -0.2) is 0 Å². The number of hydrogen-bond acceptors (Lipinski definition) is 2. The molecule has 0 amide bonds. The van der Waals surface area contributed by atoms with Gasteiger partial charge in [0.05, 0.1) is 5.69 Å². The number of rotatable bonds is 7. The maximum Gasteiger partial charge on any atom is 0.136 e. The van der Waals surface area contributed by atoms with E-state index in [-0.39, 0.29) is 0 Å². The molecular formula is C56H37NO. The van der Waals surface area contributed by atoms with Gasteiger partial charge in [-0.05, 0) is 109 Å². The molecule has 1 heterocycles. The minimum Gasteiger partial charge on any atom is -0.456 e. The van der Waals surface area contributed by atoms with Gasteiger partial charge in [-0.15, -0.1) is 0 Å². The van der Waals surface area contributed by atoms with Gasteiger partial charge in [-0.1, -0.05) is 176 Å². The fraction of sp³-hybridized carbons (Fsp3) is 0. The standard InChI is InChI=1S/C56H37NO/c1-3-20-45-38(14-1)16-12-26-46(45)40-30-33-43(34-31-40)57(54-28-9-7-23-49(54)42-32-35-53-52-25-8-10-29-55(52)58-56(53)37-42)44-19-11-18-41(36-44)48-22-5-6-24-50(48)51-27-13-17-39-15-2-4-21-47(39)51/h1-37H. The molecule has 0 N–H and O–H groups in total. The predicted molar refractivity (Wildman–Crippen MR) is 245 cm³/mol. The Hall–Kier alpha value is -7.68. The van der Waals surface area contributed by atoms with E-state index in [0.717, 1.165) is 55.7 Å². The van der Waals surface area contributed by atoms with Crippen molar-refractivity contribution in [2.75, 3.05) is 4.90 Å². The van der Waals surface area contributed by atoms with Crippen molar-refractivity contribution in [1.29, 1.82) is 0 Å². The lowest BCUT2D eigenvalue weighted by Gasteiger charge is -2.28. The first-order valence-corrected chi connectivity index (χ1v) is 19.8. The van der Waals surface area contributed by atoms with Crippen molar-refractivity contribution >= 4 is 60.5 Å². The van der Waals surface area contributed by atoms with Crippen LogP contribution in [0.3, 0.4) is 0 Å². The third-order valence-electron chi connectivity index (χ3n) is 11.5. The molecule has 0 saturated heterocycles. The molecule has 272 valence electrons. The molecule has 1 aromatic heterocycles. The van der Waals surface area contributed by atoms with Crippen molar-refractivity contribution in [2.24, 2.45) is 0 Å². The predicted octanol–water partition coefficient (Wildman–Crippen LogP) is 16.0. The summed E-state index contributed by atoms with van der Waals surface area (Å²) in [5.74, 6) is 0. The average molecular weight is 740 g/mol. The molecule has 58 heavy (non-hydrogen) atoms. The van der Waals surface area contributed by atoms with Crippen molar-refractivity contribution in [2.45, 2.75) is 0 Å². The van der Waals surface area contributed by atoms with E-state index in [1.165, 1.54) is 49.4 Å². The molecule has 2 heteroatoms. The van der Waals surface area contributed by atoms with E-state index in [1.807, 2.05) is 12.1 Å². The molecule has 11 aromatic rings. The summed E-state index contributed by atoms with van der Waals surface area (Å²) in [6, 6.07) is 80.8. The molecule has 11 rings (SSSR count). The number of fused-ring (bicyclic) bond motifs is 5. The third-order valence-corrected chi connectivity index (χ3v) is 11.5. The van der Waals surface area contributed by atoms with Crippen LogP contribution < -0.4 is 4.90 Å². The summed E-state index contributed by atoms with van der Waals surface area (Å²) in [4.78, 5) is 2.40. The summed E-state index contributed by atoms with van der Waals surface area (Å²) in [6.07, 6.45) is 0. The van der Waals surface area contributed by atoms with Crippen LogP contribution in [0.1, 0.15) is 0 Å². The molecule has 0 aliphatic carbocycles. The van der Waals surface area contributed by atoms with Crippen LogP contribution in [0, 0.1) is 0 Å². The number of benzene rings is 10. The van der Waals surface area contributed by atoms with Crippen molar-refractivity contribution in [3.63, 3.8) is 0 Å². The van der Waals surface area contributed by atoms with Crippen molar-refractivity contribution in [3.05, 3.63) is 224 Å². The zero-order valence-electron chi connectivity index (χ0n) is 31.7. The Morgan fingerprint density at radius 2 is 0.810 bits per heavy atom. The summed E-state index contributed by atoms with van der Waals surface area (Å²) in [6.45, 7) is 0. The highest BCUT2D eigenvalue weighted by Gasteiger charge is 2.20. The van der Waals surface area contributed by atoms with Crippen LogP contribution in [-0.2, 0) is 0 Å². The van der Waals surface area contributed by atoms with Crippen LogP contribution in [0.25, 0.3) is 88.0 Å².